The minimum atomic E-state index is -0.709. The van der Waals surface area contributed by atoms with E-state index in [-0.39, 0.29) is 29.0 Å². The molecule has 1 aromatic heterocycles. The normalized spacial score (nSPS) is 17.5. The number of hydrogen-bond acceptors (Lipinski definition) is 6. The van der Waals surface area contributed by atoms with Gasteiger partial charge in [0.05, 0.1) is 11.3 Å². The standard InChI is InChI=1S/C27H29FN4O4.C2H6/c1-16(2)25(24-13-17(3)30-36-24)27(34)32-12-6-9-22(32)26(33)31-35-23-11-10-18(14-19(23)15-29)20-7-4-5-8-21(20)28;1-2/h7-8,10-11,13-14,16,22,25H,4-6,9,12H2,1-3H3,(H,31,33);1-2H3. The molecule has 0 spiro atoms. The molecule has 0 saturated carbocycles. The van der Waals surface area contributed by atoms with Crippen molar-refractivity contribution in [1.82, 2.24) is 15.5 Å². The van der Waals surface area contributed by atoms with E-state index in [1.165, 1.54) is 18.2 Å². The summed E-state index contributed by atoms with van der Waals surface area (Å²) in [5.41, 5.74) is 4.25. The largest absolute Gasteiger partial charge is 0.378 e. The third kappa shape index (κ3) is 6.31. The molecule has 1 aromatic carbocycles. The Balaban J connectivity index is 0.00000195. The number of halogens is 1. The zero-order valence-corrected chi connectivity index (χ0v) is 22.6. The molecule has 2 aliphatic rings. The van der Waals surface area contributed by atoms with Gasteiger partial charge in [-0.3, -0.25) is 9.59 Å². The predicted octanol–water partition coefficient (Wildman–Crippen LogP) is 5.75. The van der Waals surface area contributed by atoms with E-state index in [1.54, 1.807) is 30.0 Å². The second kappa shape index (κ2) is 13.0. The first kappa shape index (κ1) is 28.6. The molecule has 2 amide bonds. The number of benzene rings is 1. The first-order chi connectivity index (χ1) is 18.3. The number of hydrogen-bond donors (Lipinski definition) is 1. The van der Waals surface area contributed by atoms with E-state index in [0.717, 1.165) is 6.42 Å². The predicted molar refractivity (Wildman–Crippen MR) is 141 cm³/mol. The van der Waals surface area contributed by atoms with Crippen LogP contribution in [0.5, 0.6) is 5.75 Å². The molecule has 38 heavy (non-hydrogen) atoms. The van der Waals surface area contributed by atoms with Gasteiger partial charge in [-0.05, 0) is 62.3 Å². The van der Waals surface area contributed by atoms with E-state index >= 15 is 0 Å². The van der Waals surface area contributed by atoms with E-state index in [2.05, 4.69) is 10.6 Å². The molecule has 1 aliphatic heterocycles. The van der Waals surface area contributed by atoms with Gasteiger partial charge in [-0.15, -0.1) is 0 Å². The lowest BCUT2D eigenvalue weighted by Gasteiger charge is -2.28. The van der Waals surface area contributed by atoms with Gasteiger partial charge in [-0.2, -0.15) is 10.7 Å². The average Bonchev–Trinajstić information content (AvgIpc) is 3.58. The molecule has 0 bridgehead atoms. The lowest BCUT2D eigenvalue weighted by Crippen LogP contribution is -2.48. The quantitative estimate of drug-likeness (QED) is 0.464. The number of carbonyl (C=O) groups is 2. The summed E-state index contributed by atoms with van der Waals surface area (Å²) in [7, 11) is 0. The van der Waals surface area contributed by atoms with Gasteiger partial charge in [0.25, 0.3) is 5.91 Å². The average molecular weight is 523 g/mol. The lowest BCUT2D eigenvalue weighted by atomic mass is 9.91. The van der Waals surface area contributed by atoms with Crippen molar-refractivity contribution >= 4 is 17.4 Å². The van der Waals surface area contributed by atoms with Gasteiger partial charge in [0, 0.05) is 18.2 Å². The number of hydroxylamine groups is 1. The van der Waals surface area contributed by atoms with Crippen molar-refractivity contribution in [3.63, 3.8) is 0 Å². The number of nitriles is 1. The highest BCUT2D eigenvalue weighted by Gasteiger charge is 2.40. The number of aromatic nitrogens is 1. The van der Waals surface area contributed by atoms with Crippen LogP contribution in [0.1, 0.15) is 81.9 Å². The minimum Gasteiger partial charge on any atom is -0.378 e. The molecule has 0 radical (unpaired) electrons. The van der Waals surface area contributed by atoms with Crippen LogP contribution in [0.4, 0.5) is 4.39 Å². The van der Waals surface area contributed by atoms with Gasteiger partial charge in [-0.1, -0.05) is 45.0 Å². The molecular weight excluding hydrogens is 487 g/mol. The zero-order valence-electron chi connectivity index (χ0n) is 22.6. The highest BCUT2D eigenvalue weighted by molar-refractivity contribution is 5.90. The summed E-state index contributed by atoms with van der Waals surface area (Å²) >= 11 is 0. The highest BCUT2D eigenvalue weighted by Crippen LogP contribution is 2.33. The Hall–Kier alpha value is -3.93. The minimum absolute atomic E-state index is 0.0546. The molecule has 1 fully saturated rings. The molecule has 1 N–H and O–H groups in total. The lowest BCUT2D eigenvalue weighted by molar-refractivity contribution is -0.143. The second-order valence-electron chi connectivity index (χ2n) is 9.42. The monoisotopic (exact) mass is 522 g/mol. The Bertz CT molecular complexity index is 1260. The van der Waals surface area contributed by atoms with Gasteiger partial charge >= 0.3 is 0 Å². The summed E-state index contributed by atoms with van der Waals surface area (Å²) in [6, 6.07) is 7.77. The molecule has 2 heterocycles. The molecule has 2 aromatic rings. The van der Waals surface area contributed by atoms with Gasteiger partial charge in [-0.25, -0.2) is 4.39 Å². The number of nitrogens with one attached hydrogen (secondary N) is 1. The van der Waals surface area contributed by atoms with Crippen molar-refractivity contribution < 1.29 is 23.3 Å². The van der Waals surface area contributed by atoms with Crippen LogP contribution in [0, 0.1) is 24.2 Å². The number of aryl methyl sites for hydroxylation is 1. The summed E-state index contributed by atoms with van der Waals surface area (Å²) in [4.78, 5) is 33.5. The van der Waals surface area contributed by atoms with E-state index in [4.69, 9.17) is 9.36 Å². The van der Waals surface area contributed by atoms with Crippen LogP contribution in [0.3, 0.4) is 0 Å². The van der Waals surface area contributed by atoms with Crippen molar-refractivity contribution in [2.45, 2.75) is 72.3 Å². The molecular formula is C29H35FN4O4. The van der Waals surface area contributed by atoms with Gasteiger partial charge < -0.3 is 14.3 Å². The number of allylic oxidation sites excluding steroid dienone is 4. The molecule has 202 valence electrons. The summed E-state index contributed by atoms with van der Waals surface area (Å²) in [6.45, 7) is 10.1. The topological polar surface area (TPSA) is 108 Å². The molecule has 8 nitrogen and oxygen atoms in total. The summed E-state index contributed by atoms with van der Waals surface area (Å²) in [5.74, 6) is -0.983. The van der Waals surface area contributed by atoms with Crippen molar-refractivity contribution in [2.24, 2.45) is 5.92 Å². The number of carbonyl (C=O) groups excluding carboxylic acids is 2. The first-order valence-electron chi connectivity index (χ1n) is 13.1. The van der Waals surface area contributed by atoms with Gasteiger partial charge in [0.1, 0.15) is 29.6 Å². The SMILES string of the molecule is CC.Cc1cc(C(C(=O)N2CCCC2C(=O)NOc2ccc(C3=CCCC=C3F)cc2C#N)C(C)C)on1. The Morgan fingerprint density at radius 1 is 1.24 bits per heavy atom. The van der Waals surface area contributed by atoms with E-state index in [1.807, 2.05) is 33.8 Å². The fraction of sp³-hybridized carbons (Fsp3) is 0.448. The highest BCUT2D eigenvalue weighted by atomic mass is 19.1. The van der Waals surface area contributed by atoms with E-state index in [0.29, 0.717) is 48.4 Å². The smallest absolute Gasteiger partial charge is 0.275 e. The second-order valence-corrected chi connectivity index (χ2v) is 9.42. The maximum Gasteiger partial charge on any atom is 0.275 e. The Morgan fingerprint density at radius 2 is 1.97 bits per heavy atom. The van der Waals surface area contributed by atoms with Crippen molar-refractivity contribution in [2.75, 3.05) is 6.54 Å². The summed E-state index contributed by atoms with van der Waals surface area (Å²) < 4.78 is 19.6. The van der Waals surface area contributed by atoms with Crippen molar-refractivity contribution in [3.05, 3.63) is 64.8 Å². The van der Waals surface area contributed by atoms with Crippen molar-refractivity contribution in [1.29, 1.82) is 5.26 Å². The third-order valence-corrected chi connectivity index (χ3v) is 6.49. The number of nitrogens with zero attached hydrogens (tertiary/aromatic N) is 3. The number of rotatable bonds is 7. The van der Waals surface area contributed by atoms with Crippen LogP contribution in [-0.2, 0) is 9.59 Å². The van der Waals surface area contributed by atoms with Crippen LogP contribution in [0.2, 0.25) is 0 Å². The van der Waals surface area contributed by atoms with Crippen LogP contribution in [0.25, 0.3) is 5.57 Å². The fourth-order valence-electron chi connectivity index (χ4n) is 4.70. The summed E-state index contributed by atoms with van der Waals surface area (Å²) in [5, 5.41) is 13.5. The molecule has 9 heteroatoms. The molecule has 1 aliphatic carbocycles. The third-order valence-electron chi connectivity index (χ3n) is 6.49. The number of likely N-dealkylation sites (tertiary alicyclic amines) is 1. The Morgan fingerprint density at radius 3 is 2.61 bits per heavy atom. The van der Waals surface area contributed by atoms with Crippen LogP contribution >= 0.6 is 0 Å². The summed E-state index contributed by atoms with van der Waals surface area (Å²) in [6.07, 6.45) is 5.85. The Labute approximate surface area is 223 Å². The van der Waals surface area contributed by atoms with E-state index in [9.17, 15) is 19.2 Å². The Kier molecular flexibility index (Phi) is 9.83. The molecule has 2 atom stereocenters. The maximum absolute atomic E-state index is 14.2. The van der Waals surface area contributed by atoms with Crippen LogP contribution in [-0.4, -0.2) is 34.5 Å². The maximum atomic E-state index is 14.2. The van der Waals surface area contributed by atoms with Crippen LogP contribution in [0.15, 0.2) is 46.8 Å². The number of amides is 2. The van der Waals surface area contributed by atoms with Crippen LogP contribution < -0.4 is 10.3 Å². The van der Waals surface area contributed by atoms with E-state index < -0.39 is 17.9 Å². The molecule has 2 unspecified atom stereocenters. The molecule has 1 saturated heterocycles. The van der Waals surface area contributed by atoms with Gasteiger partial charge in [0.2, 0.25) is 5.91 Å². The first-order valence-corrected chi connectivity index (χ1v) is 13.1. The zero-order chi connectivity index (χ0) is 27.8. The van der Waals surface area contributed by atoms with Crippen molar-refractivity contribution in [3.8, 4) is 11.8 Å². The van der Waals surface area contributed by atoms with Gasteiger partial charge in [0.15, 0.2) is 5.75 Å². The molecule has 4 rings (SSSR count). The fourth-order valence-corrected chi connectivity index (χ4v) is 4.70.